The number of hydrogen-bond donors (Lipinski definition) is 1. The zero-order chi connectivity index (χ0) is 13.2. The van der Waals surface area contributed by atoms with E-state index >= 15 is 0 Å². The number of nitrogens with zero attached hydrogens (tertiary/aromatic N) is 1. The molecule has 0 aliphatic heterocycles. The lowest BCUT2D eigenvalue weighted by atomic mass is 10.2. The van der Waals surface area contributed by atoms with Crippen molar-refractivity contribution in [1.29, 1.82) is 0 Å². The molecule has 0 fully saturated rings. The Morgan fingerprint density at radius 2 is 2.28 bits per heavy atom. The van der Waals surface area contributed by atoms with E-state index in [1.807, 2.05) is 11.8 Å². The normalized spacial score (nSPS) is 11.3. The molecule has 0 bridgehead atoms. The third kappa shape index (κ3) is 5.94. The van der Waals surface area contributed by atoms with Crippen molar-refractivity contribution < 1.29 is 4.42 Å². The van der Waals surface area contributed by atoms with E-state index in [1.165, 1.54) is 24.2 Å². The molecule has 1 aromatic rings. The van der Waals surface area contributed by atoms with Gasteiger partial charge in [-0.25, -0.2) is 0 Å². The van der Waals surface area contributed by atoms with Crippen LogP contribution in [0.25, 0.3) is 0 Å². The van der Waals surface area contributed by atoms with E-state index in [-0.39, 0.29) is 0 Å². The average Bonchev–Trinajstić information content (AvgIpc) is 2.77. The molecular weight excluding hydrogens is 244 g/mol. The highest BCUT2D eigenvalue weighted by molar-refractivity contribution is 7.98. The Balaban J connectivity index is 2.34. The SMILES string of the molecule is CCCNCc1ccoc1CN(C)CCCSC. The molecule has 0 aliphatic carbocycles. The first-order chi connectivity index (χ1) is 8.77. The summed E-state index contributed by atoms with van der Waals surface area (Å²) in [7, 11) is 2.16. The molecule has 0 aromatic carbocycles. The lowest BCUT2D eigenvalue weighted by Crippen LogP contribution is -2.21. The topological polar surface area (TPSA) is 28.4 Å². The van der Waals surface area contributed by atoms with Gasteiger partial charge in [0.25, 0.3) is 0 Å². The Bertz CT molecular complexity index is 314. The number of nitrogens with one attached hydrogen (secondary N) is 1. The largest absolute Gasteiger partial charge is 0.468 e. The highest BCUT2D eigenvalue weighted by Gasteiger charge is 2.08. The van der Waals surface area contributed by atoms with Gasteiger partial charge in [0.1, 0.15) is 5.76 Å². The molecule has 1 rings (SSSR count). The van der Waals surface area contributed by atoms with Crippen molar-refractivity contribution in [3.63, 3.8) is 0 Å². The van der Waals surface area contributed by atoms with Crippen molar-refractivity contribution in [3.05, 3.63) is 23.7 Å². The van der Waals surface area contributed by atoms with Crippen LogP contribution in [0.2, 0.25) is 0 Å². The molecule has 0 amide bonds. The third-order valence-corrected chi connectivity index (χ3v) is 3.58. The molecule has 0 atom stereocenters. The van der Waals surface area contributed by atoms with Gasteiger partial charge >= 0.3 is 0 Å². The van der Waals surface area contributed by atoms with Crippen LogP contribution in [0.3, 0.4) is 0 Å². The van der Waals surface area contributed by atoms with Crippen LogP contribution in [0.15, 0.2) is 16.7 Å². The first-order valence-corrected chi connectivity index (χ1v) is 8.10. The minimum atomic E-state index is 0.907. The van der Waals surface area contributed by atoms with E-state index in [0.717, 1.165) is 31.9 Å². The van der Waals surface area contributed by atoms with Crippen LogP contribution < -0.4 is 5.32 Å². The number of rotatable bonds is 10. The zero-order valence-electron chi connectivity index (χ0n) is 11.9. The lowest BCUT2D eigenvalue weighted by Gasteiger charge is -2.15. The molecule has 0 aliphatic rings. The molecule has 3 nitrogen and oxygen atoms in total. The van der Waals surface area contributed by atoms with Gasteiger partial charge in [0.15, 0.2) is 0 Å². The zero-order valence-corrected chi connectivity index (χ0v) is 12.7. The highest BCUT2D eigenvalue weighted by Crippen LogP contribution is 2.13. The fraction of sp³-hybridized carbons (Fsp3) is 0.714. The molecule has 104 valence electrons. The van der Waals surface area contributed by atoms with Gasteiger partial charge in [-0.15, -0.1) is 0 Å². The van der Waals surface area contributed by atoms with Crippen LogP contribution in [-0.4, -0.2) is 37.0 Å². The fourth-order valence-electron chi connectivity index (χ4n) is 1.87. The van der Waals surface area contributed by atoms with Crippen LogP contribution in [0, 0.1) is 0 Å². The smallest absolute Gasteiger partial charge is 0.122 e. The van der Waals surface area contributed by atoms with Crippen molar-refractivity contribution >= 4 is 11.8 Å². The van der Waals surface area contributed by atoms with Gasteiger partial charge in [-0.05, 0) is 51.1 Å². The summed E-state index contributed by atoms with van der Waals surface area (Å²) in [6.45, 7) is 6.20. The van der Waals surface area contributed by atoms with Crippen LogP contribution in [-0.2, 0) is 13.1 Å². The van der Waals surface area contributed by atoms with E-state index in [1.54, 1.807) is 6.26 Å². The van der Waals surface area contributed by atoms with Crippen molar-refractivity contribution in [3.8, 4) is 0 Å². The molecule has 1 heterocycles. The summed E-state index contributed by atoms with van der Waals surface area (Å²) in [6, 6.07) is 2.08. The number of furan rings is 1. The molecule has 1 N–H and O–H groups in total. The average molecular weight is 270 g/mol. The summed E-state index contributed by atoms with van der Waals surface area (Å²) in [5.74, 6) is 2.33. The molecule has 0 radical (unpaired) electrons. The predicted molar refractivity (Wildman–Crippen MR) is 80.0 cm³/mol. The maximum absolute atomic E-state index is 5.59. The van der Waals surface area contributed by atoms with Crippen molar-refractivity contribution in [2.45, 2.75) is 32.9 Å². The van der Waals surface area contributed by atoms with Gasteiger partial charge in [0.2, 0.25) is 0 Å². The van der Waals surface area contributed by atoms with Crippen LogP contribution in [0.5, 0.6) is 0 Å². The van der Waals surface area contributed by atoms with Crippen molar-refractivity contribution in [2.24, 2.45) is 0 Å². The summed E-state index contributed by atoms with van der Waals surface area (Å²) in [5.41, 5.74) is 1.29. The highest BCUT2D eigenvalue weighted by atomic mass is 32.2. The molecule has 0 saturated heterocycles. The fourth-order valence-corrected chi connectivity index (χ4v) is 2.28. The Morgan fingerprint density at radius 1 is 1.44 bits per heavy atom. The first kappa shape index (κ1) is 15.6. The molecule has 0 saturated carbocycles. The molecule has 1 aromatic heterocycles. The third-order valence-electron chi connectivity index (χ3n) is 2.88. The quantitative estimate of drug-likeness (QED) is 0.662. The molecule has 0 spiro atoms. The molecule has 18 heavy (non-hydrogen) atoms. The molecule has 0 unspecified atom stereocenters. The summed E-state index contributed by atoms with van der Waals surface area (Å²) in [5, 5.41) is 3.42. The minimum absolute atomic E-state index is 0.907. The second kappa shape index (κ2) is 9.48. The maximum atomic E-state index is 5.59. The van der Waals surface area contributed by atoms with E-state index < -0.39 is 0 Å². The Kier molecular flexibility index (Phi) is 8.22. The second-order valence-corrected chi connectivity index (χ2v) is 5.62. The van der Waals surface area contributed by atoms with Gasteiger partial charge in [-0.3, -0.25) is 4.90 Å². The number of thioether (sulfide) groups is 1. The van der Waals surface area contributed by atoms with E-state index in [2.05, 4.69) is 36.5 Å². The van der Waals surface area contributed by atoms with Gasteiger partial charge in [0, 0.05) is 12.1 Å². The Morgan fingerprint density at radius 3 is 3.00 bits per heavy atom. The van der Waals surface area contributed by atoms with Gasteiger partial charge in [-0.2, -0.15) is 11.8 Å². The van der Waals surface area contributed by atoms with Crippen LogP contribution >= 0.6 is 11.8 Å². The van der Waals surface area contributed by atoms with Crippen molar-refractivity contribution in [2.75, 3.05) is 32.1 Å². The van der Waals surface area contributed by atoms with E-state index in [9.17, 15) is 0 Å². The monoisotopic (exact) mass is 270 g/mol. The van der Waals surface area contributed by atoms with Gasteiger partial charge in [-0.1, -0.05) is 6.92 Å². The standard InChI is InChI=1S/C14H26N2OS/c1-4-7-15-11-13-6-9-17-14(13)12-16(2)8-5-10-18-3/h6,9,15H,4-5,7-8,10-12H2,1-3H3. The first-order valence-electron chi connectivity index (χ1n) is 6.71. The molecule has 4 heteroatoms. The summed E-state index contributed by atoms with van der Waals surface area (Å²) in [4.78, 5) is 2.33. The predicted octanol–water partition coefficient (Wildman–Crippen LogP) is 2.96. The van der Waals surface area contributed by atoms with Crippen molar-refractivity contribution in [1.82, 2.24) is 10.2 Å². The summed E-state index contributed by atoms with van der Waals surface area (Å²) in [6.07, 6.45) is 6.36. The van der Waals surface area contributed by atoms with Crippen LogP contribution in [0.4, 0.5) is 0 Å². The van der Waals surface area contributed by atoms with E-state index in [0.29, 0.717) is 0 Å². The Labute approximate surface area is 115 Å². The van der Waals surface area contributed by atoms with Gasteiger partial charge < -0.3 is 9.73 Å². The van der Waals surface area contributed by atoms with Crippen LogP contribution in [0.1, 0.15) is 31.1 Å². The number of hydrogen-bond acceptors (Lipinski definition) is 4. The van der Waals surface area contributed by atoms with E-state index in [4.69, 9.17) is 4.42 Å². The minimum Gasteiger partial charge on any atom is -0.468 e. The maximum Gasteiger partial charge on any atom is 0.122 e. The summed E-state index contributed by atoms with van der Waals surface area (Å²) < 4.78 is 5.59. The van der Waals surface area contributed by atoms with Gasteiger partial charge in [0.05, 0.1) is 12.8 Å². The Hall–Kier alpha value is -0.450. The molecular formula is C14H26N2OS. The lowest BCUT2D eigenvalue weighted by molar-refractivity contribution is 0.294. The second-order valence-electron chi connectivity index (χ2n) is 4.63. The summed E-state index contributed by atoms with van der Waals surface area (Å²) >= 11 is 1.91.